The number of hydrogen-bond acceptors (Lipinski definition) is 3. The van der Waals surface area contributed by atoms with Crippen molar-refractivity contribution in [3.63, 3.8) is 0 Å². The highest BCUT2D eigenvalue weighted by molar-refractivity contribution is 5.38. The van der Waals surface area contributed by atoms with E-state index < -0.39 is 23.2 Å². The number of halogens is 1. The molecule has 0 aliphatic rings. The number of aromatic amines is 2. The van der Waals surface area contributed by atoms with Gasteiger partial charge in [-0.25, -0.2) is 4.39 Å². The number of aryl methyl sites for hydroxylation is 1. The van der Waals surface area contributed by atoms with Crippen LogP contribution in [0.5, 0.6) is 0 Å². The van der Waals surface area contributed by atoms with Crippen LogP contribution in [0, 0.1) is 41.3 Å². The van der Waals surface area contributed by atoms with Gasteiger partial charge >= 0.3 is 0 Å². The number of nitriles is 2. The minimum Gasteiger partial charge on any atom is -0.302 e. The Morgan fingerprint density at radius 1 is 1.25 bits per heavy atom. The number of benzene rings is 1. The average Bonchev–Trinajstić information content (AvgIpc) is 2.76. The number of nitrogens with one attached hydrogen (secondary N) is 2. The summed E-state index contributed by atoms with van der Waals surface area (Å²) in [5.41, 5.74) is 0.821. The van der Waals surface area contributed by atoms with Crippen LogP contribution in [0.25, 0.3) is 0 Å². The Morgan fingerprint density at radius 3 is 2.45 bits per heavy atom. The molecule has 0 saturated carbocycles. The molecule has 0 fully saturated rings. The van der Waals surface area contributed by atoms with E-state index in [-0.39, 0.29) is 5.56 Å². The smallest absolute Gasteiger partial charge is 0.268 e. The molecule has 2 N–H and O–H groups in total. The van der Waals surface area contributed by atoms with Gasteiger partial charge in [0.15, 0.2) is 0 Å². The Hall–Kier alpha value is -2.86. The second kappa shape index (κ2) is 5.41. The Kier molecular flexibility index (Phi) is 3.67. The van der Waals surface area contributed by atoms with Crippen molar-refractivity contribution in [1.82, 2.24) is 10.2 Å². The van der Waals surface area contributed by atoms with Crippen molar-refractivity contribution >= 4 is 0 Å². The lowest BCUT2D eigenvalue weighted by Gasteiger charge is -2.17. The molecule has 0 aliphatic carbocycles. The summed E-state index contributed by atoms with van der Waals surface area (Å²) >= 11 is 0. The van der Waals surface area contributed by atoms with Crippen LogP contribution in [0.2, 0.25) is 0 Å². The first kappa shape index (κ1) is 13.6. The molecule has 0 amide bonds. The molecule has 0 saturated heterocycles. The minimum absolute atomic E-state index is 0.281. The summed E-state index contributed by atoms with van der Waals surface area (Å²) in [7, 11) is 0. The second-order valence-corrected chi connectivity index (χ2v) is 4.39. The first-order valence-corrected chi connectivity index (χ1v) is 5.90. The van der Waals surface area contributed by atoms with E-state index in [0.717, 1.165) is 0 Å². The summed E-state index contributed by atoms with van der Waals surface area (Å²) in [6.07, 6.45) is 0. The third-order valence-corrected chi connectivity index (χ3v) is 3.14. The van der Waals surface area contributed by atoms with E-state index in [9.17, 15) is 9.18 Å². The number of nitrogens with zero attached hydrogens (tertiary/aromatic N) is 2. The molecule has 1 aromatic carbocycles. The number of rotatable bonds is 3. The third-order valence-electron chi connectivity index (χ3n) is 3.14. The van der Waals surface area contributed by atoms with Gasteiger partial charge in [0, 0.05) is 17.2 Å². The quantitative estimate of drug-likeness (QED) is 0.892. The van der Waals surface area contributed by atoms with E-state index in [1.807, 2.05) is 12.1 Å². The van der Waals surface area contributed by atoms with E-state index in [0.29, 0.717) is 11.3 Å². The normalized spacial score (nSPS) is 11.8. The number of H-pyrrole nitrogens is 2. The van der Waals surface area contributed by atoms with Crippen LogP contribution in [-0.4, -0.2) is 10.2 Å². The van der Waals surface area contributed by atoms with Crippen LogP contribution in [0.3, 0.4) is 0 Å². The van der Waals surface area contributed by atoms with Crippen molar-refractivity contribution in [2.75, 3.05) is 0 Å². The zero-order valence-corrected chi connectivity index (χ0v) is 10.6. The van der Waals surface area contributed by atoms with Crippen LogP contribution < -0.4 is 5.56 Å². The molecule has 2 rings (SSSR count). The molecule has 1 heterocycles. The predicted octanol–water partition coefficient (Wildman–Crippen LogP) is 1.95. The van der Waals surface area contributed by atoms with Gasteiger partial charge < -0.3 is 5.10 Å². The lowest BCUT2D eigenvalue weighted by molar-refractivity contribution is 0.618. The molecule has 1 atom stereocenters. The van der Waals surface area contributed by atoms with E-state index in [4.69, 9.17) is 10.5 Å². The summed E-state index contributed by atoms with van der Waals surface area (Å²) in [6, 6.07) is 9.31. The Balaban J connectivity index is 2.67. The molecule has 0 aliphatic heterocycles. The highest BCUT2D eigenvalue weighted by Gasteiger charge is 2.29. The SMILES string of the molecule is Cc1[nH][nH]c(=O)c1[C@H](c1cccc(F)c1)C(C#N)C#N. The maximum atomic E-state index is 13.4. The van der Waals surface area contributed by atoms with Gasteiger partial charge in [-0.15, -0.1) is 0 Å². The van der Waals surface area contributed by atoms with Gasteiger partial charge in [0.1, 0.15) is 11.7 Å². The lowest BCUT2D eigenvalue weighted by atomic mass is 9.82. The number of hydrogen-bond donors (Lipinski definition) is 2. The minimum atomic E-state index is -1.08. The molecule has 20 heavy (non-hydrogen) atoms. The van der Waals surface area contributed by atoms with Gasteiger partial charge in [0.2, 0.25) is 0 Å². The largest absolute Gasteiger partial charge is 0.302 e. The topological polar surface area (TPSA) is 96.2 Å². The second-order valence-electron chi connectivity index (χ2n) is 4.39. The molecule has 0 bridgehead atoms. The summed E-state index contributed by atoms with van der Waals surface area (Å²) in [4.78, 5) is 11.9. The summed E-state index contributed by atoms with van der Waals surface area (Å²) in [5.74, 6) is -2.35. The Bertz CT molecular complexity index is 748. The monoisotopic (exact) mass is 270 g/mol. The third kappa shape index (κ3) is 2.32. The Morgan fingerprint density at radius 2 is 1.95 bits per heavy atom. The van der Waals surface area contributed by atoms with Crippen molar-refractivity contribution < 1.29 is 4.39 Å². The standard InChI is InChI=1S/C14H11FN4O/c1-8-12(14(20)19-18-8)13(10(6-16)7-17)9-3-2-4-11(15)5-9/h2-5,10,13H,1H3,(H2,18,19,20)/t13-/m1/s1. The molecule has 6 heteroatoms. The molecule has 0 radical (unpaired) electrons. The van der Waals surface area contributed by atoms with Crippen LogP contribution in [-0.2, 0) is 0 Å². The van der Waals surface area contributed by atoms with Gasteiger partial charge in [-0.3, -0.25) is 9.89 Å². The fourth-order valence-corrected chi connectivity index (χ4v) is 2.23. The van der Waals surface area contributed by atoms with Crippen molar-refractivity contribution in [3.8, 4) is 12.1 Å². The fourth-order valence-electron chi connectivity index (χ4n) is 2.23. The van der Waals surface area contributed by atoms with Crippen molar-refractivity contribution in [2.24, 2.45) is 5.92 Å². The summed E-state index contributed by atoms with van der Waals surface area (Å²) in [5, 5.41) is 23.3. The summed E-state index contributed by atoms with van der Waals surface area (Å²) in [6.45, 7) is 1.66. The van der Waals surface area contributed by atoms with E-state index in [2.05, 4.69) is 10.2 Å². The molecular formula is C14H11FN4O. The van der Waals surface area contributed by atoms with Crippen molar-refractivity contribution in [2.45, 2.75) is 12.8 Å². The van der Waals surface area contributed by atoms with E-state index >= 15 is 0 Å². The highest BCUT2D eigenvalue weighted by atomic mass is 19.1. The van der Waals surface area contributed by atoms with Crippen LogP contribution in [0.1, 0.15) is 22.7 Å². The molecule has 2 aromatic rings. The molecule has 0 spiro atoms. The molecule has 100 valence electrons. The zero-order chi connectivity index (χ0) is 14.7. The van der Waals surface area contributed by atoms with E-state index in [1.54, 1.807) is 13.0 Å². The number of aromatic nitrogens is 2. The highest BCUT2D eigenvalue weighted by Crippen LogP contribution is 2.31. The lowest BCUT2D eigenvalue weighted by Crippen LogP contribution is -2.19. The van der Waals surface area contributed by atoms with Gasteiger partial charge in [-0.2, -0.15) is 10.5 Å². The molecule has 0 unspecified atom stereocenters. The van der Waals surface area contributed by atoms with Crippen molar-refractivity contribution in [3.05, 3.63) is 57.3 Å². The predicted molar refractivity (Wildman–Crippen MR) is 69.1 cm³/mol. The molecular weight excluding hydrogens is 259 g/mol. The van der Waals surface area contributed by atoms with Gasteiger partial charge in [-0.1, -0.05) is 12.1 Å². The molecule has 5 nitrogen and oxygen atoms in total. The first-order valence-electron chi connectivity index (χ1n) is 5.90. The van der Waals surface area contributed by atoms with Gasteiger partial charge in [0.05, 0.1) is 12.1 Å². The average molecular weight is 270 g/mol. The summed E-state index contributed by atoms with van der Waals surface area (Å²) < 4.78 is 13.4. The maximum absolute atomic E-state index is 13.4. The zero-order valence-electron chi connectivity index (χ0n) is 10.6. The first-order chi connectivity index (χ1) is 9.58. The van der Waals surface area contributed by atoms with Gasteiger partial charge in [0.25, 0.3) is 5.56 Å². The van der Waals surface area contributed by atoms with Crippen molar-refractivity contribution in [1.29, 1.82) is 10.5 Å². The Labute approximate surface area is 114 Å². The van der Waals surface area contributed by atoms with Crippen LogP contribution in [0.15, 0.2) is 29.1 Å². The maximum Gasteiger partial charge on any atom is 0.268 e. The molecule has 1 aromatic heterocycles. The van der Waals surface area contributed by atoms with E-state index in [1.165, 1.54) is 18.2 Å². The van der Waals surface area contributed by atoms with Crippen LogP contribution in [0.4, 0.5) is 4.39 Å². The van der Waals surface area contributed by atoms with Crippen LogP contribution >= 0.6 is 0 Å². The fraction of sp³-hybridized carbons (Fsp3) is 0.214. The van der Waals surface area contributed by atoms with Gasteiger partial charge in [-0.05, 0) is 24.6 Å².